The molecule has 10 heteroatoms. The molecule has 1 aromatic heterocycles. The molecule has 0 bridgehead atoms. The summed E-state index contributed by atoms with van der Waals surface area (Å²) in [5.74, 6) is -5.12. The summed E-state index contributed by atoms with van der Waals surface area (Å²) in [6.45, 7) is 3.67. The number of carbonyl (C=O) groups is 1. The summed E-state index contributed by atoms with van der Waals surface area (Å²) in [5.41, 5.74) is -0.0971. The molecule has 2 N–H and O–H groups in total. The predicted octanol–water partition coefficient (Wildman–Crippen LogP) is 3.28. The van der Waals surface area contributed by atoms with Crippen LogP contribution in [0.15, 0.2) is 5.83 Å². The standard InChI is InChI=1S/C16H19F4N5O/c1-7(2)21-14-23-13(9-3-4-10(17)12(26)11(9)18)24-15(25-14)22-8-5-16(19,20)6-8/h7-8,10H,3-6H2,1-2H3,(H2,21,22,23,24,25). The van der Waals surface area contributed by atoms with Crippen molar-refractivity contribution in [1.82, 2.24) is 15.0 Å². The molecule has 1 heterocycles. The molecular weight excluding hydrogens is 354 g/mol. The van der Waals surface area contributed by atoms with Gasteiger partial charge in [-0.05, 0) is 26.7 Å². The van der Waals surface area contributed by atoms with Crippen LogP contribution in [0.4, 0.5) is 29.5 Å². The van der Waals surface area contributed by atoms with Crippen LogP contribution in [0.25, 0.3) is 5.57 Å². The number of rotatable bonds is 5. The van der Waals surface area contributed by atoms with Crippen molar-refractivity contribution in [2.45, 2.75) is 63.7 Å². The Labute approximate surface area is 147 Å². The fourth-order valence-corrected chi connectivity index (χ4v) is 2.85. The van der Waals surface area contributed by atoms with Gasteiger partial charge in [0.15, 0.2) is 17.8 Å². The van der Waals surface area contributed by atoms with E-state index in [0.29, 0.717) is 0 Å². The lowest BCUT2D eigenvalue weighted by Gasteiger charge is -2.35. The maximum absolute atomic E-state index is 14.2. The van der Waals surface area contributed by atoms with Crippen LogP contribution in [0.5, 0.6) is 0 Å². The van der Waals surface area contributed by atoms with Gasteiger partial charge >= 0.3 is 0 Å². The first kappa shape index (κ1) is 18.5. The lowest BCUT2D eigenvalue weighted by molar-refractivity contribution is -0.122. The van der Waals surface area contributed by atoms with Crippen LogP contribution in [0.3, 0.4) is 0 Å². The second-order valence-corrected chi connectivity index (χ2v) is 6.87. The molecule has 0 aliphatic heterocycles. The molecule has 0 spiro atoms. The number of Topliss-reactive ketones (excluding diaryl/α,β-unsaturated/α-hetero) is 1. The van der Waals surface area contributed by atoms with Gasteiger partial charge in [0.1, 0.15) is 0 Å². The van der Waals surface area contributed by atoms with E-state index in [4.69, 9.17) is 0 Å². The molecule has 1 atom stereocenters. The Kier molecular flexibility index (Phi) is 4.85. The Morgan fingerprint density at radius 3 is 2.42 bits per heavy atom. The minimum Gasteiger partial charge on any atom is -0.352 e. The number of allylic oxidation sites excluding steroid dienone is 2. The Morgan fingerprint density at radius 1 is 1.15 bits per heavy atom. The quantitative estimate of drug-likeness (QED) is 0.771. The Morgan fingerprint density at radius 2 is 1.81 bits per heavy atom. The third kappa shape index (κ3) is 3.94. The Balaban J connectivity index is 1.91. The van der Waals surface area contributed by atoms with Crippen molar-refractivity contribution in [2.75, 3.05) is 10.6 Å². The van der Waals surface area contributed by atoms with Crippen LogP contribution in [-0.4, -0.2) is 44.9 Å². The molecule has 1 fully saturated rings. The summed E-state index contributed by atoms with van der Waals surface area (Å²) in [5, 5.41) is 5.71. The Bertz CT molecular complexity index is 744. The zero-order valence-corrected chi connectivity index (χ0v) is 14.3. The summed E-state index contributed by atoms with van der Waals surface area (Å²) in [6, 6.07) is -0.553. The lowest BCUT2D eigenvalue weighted by Crippen LogP contribution is -2.44. The first-order valence-corrected chi connectivity index (χ1v) is 8.39. The van der Waals surface area contributed by atoms with E-state index in [1.165, 1.54) is 0 Å². The van der Waals surface area contributed by atoms with Crippen molar-refractivity contribution < 1.29 is 22.4 Å². The fraction of sp³-hybridized carbons (Fsp3) is 0.625. The van der Waals surface area contributed by atoms with E-state index >= 15 is 0 Å². The van der Waals surface area contributed by atoms with Gasteiger partial charge in [0, 0.05) is 30.5 Å². The van der Waals surface area contributed by atoms with Gasteiger partial charge in [0.25, 0.3) is 5.92 Å². The first-order valence-electron chi connectivity index (χ1n) is 8.39. The molecule has 0 radical (unpaired) electrons. The highest BCUT2D eigenvalue weighted by Crippen LogP contribution is 2.39. The van der Waals surface area contributed by atoms with Gasteiger partial charge in [0.2, 0.25) is 17.7 Å². The van der Waals surface area contributed by atoms with Crippen LogP contribution in [0.2, 0.25) is 0 Å². The van der Waals surface area contributed by atoms with Crippen molar-refractivity contribution in [3.05, 3.63) is 11.7 Å². The number of nitrogens with zero attached hydrogens (tertiary/aromatic N) is 3. The van der Waals surface area contributed by atoms with E-state index in [1.54, 1.807) is 0 Å². The third-order valence-electron chi connectivity index (χ3n) is 4.16. The van der Waals surface area contributed by atoms with Crippen molar-refractivity contribution in [1.29, 1.82) is 0 Å². The average molecular weight is 373 g/mol. The highest BCUT2D eigenvalue weighted by atomic mass is 19.3. The molecule has 6 nitrogen and oxygen atoms in total. The minimum atomic E-state index is -2.72. The highest BCUT2D eigenvalue weighted by Gasteiger charge is 2.45. The minimum absolute atomic E-state index is 0.00812. The number of aromatic nitrogens is 3. The maximum Gasteiger partial charge on any atom is 0.252 e. The maximum atomic E-state index is 14.2. The zero-order chi connectivity index (χ0) is 19.1. The number of ketones is 1. The number of hydrogen-bond donors (Lipinski definition) is 2. The molecule has 0 saturated heterocycles. The van der Waals surface area contributed by atoms with Crippen LogP contribution >= 0.6 is 0 Å². The van der Waals surface area contributed by atoms with E-state index in [-0.39, 0.29) is 55.0 Å². The average Bonchev–Trinajstić information content (AvgIpc) is 2.50. The number of halogens is 4. The number of anilines is 2. The second kappa shape index (κ2) is 6.81. The van der Waals surface area contributed by atoms with E-state index < -0.39 is 29.7 Å². The van der Waals surface area contributed by atoms with Crippen molar-refractivity contribution in [3.63, 3.8) is 0 Å². The summed E-state index contributed by atoms with van der Waals surface area (Å²) in [6.07, 6.45) is -2.76. The molecule has 1 saturated carbocycles. The predicted molar refractivity (Wildman–Crippen MR) is 87.3 cm³/mol. The molecule has 2 aliphatic rings. The molecule has 0 amide bonds. The Hall–Kier alpha value is -2.26. The molecule has 142 valence electrons. The van der Waals surface area contributed by atoms with Gasteiger partial charge < -0.3 is 10.6 Å². The SMILES string of the molecule is CC(C)Nc1nc(NC2CC(F)(F)C2)nc(C2=C(F)C(=O)C(F)CC2)n1. The monoisotopic (exact) mass is 373 g/mol. The molecule has 0 aromatic carbocycles. The molecule has 1 unspecified atom stereocenters. The van der Waals surface area contributed by atoms with Crippen molar-refractivity contribution >= 4 is 23.3 Å². The van der Waals surface area contributed by atoms with Crippen LogP contribution < -0.4 is 10.6 Å². The third-order valence-corrected chi connectivity index (χ3v) is 4.16. The number of hydrogen-bond acceptors (Lipinski definition) is 6. The van der Waals surface area contributed by atoms with Crippen LogP contribution in [0.1, 0.15) is 45.4 Å². The highest BCUT2D eigenvalue weighted by molar-refractivity contribution is 6.04. The molecule has 3 rings (SSSR count). The first-order chi connectivity index (χ1) is 12.1. The largest absolute Gasteiger partial charge is 0.352 e. The van der Waals surface area contributed by atoms with E-state index in [0.717, 1.165) is 0 Å². The van der Waals surface area contributed by atoms with Crippen LogP contribution in [-0.2, 0) is 4.79 Å². The number of carbonyl (C=O) groups excluding carboxylic acids is 1. The summed E-state index contributed by atoms with van der Waals surface area (Å²) in [7, 11) is 0. The summed E-state index contributed by atoms with van der Waals surface area (Å²) >= 11 is 0. The van der Waals surface area contributed by atoms with Gasteiger partial charge in [-0.3, -0.25) is 4.79 Å². The topological polar surface area (TPSA) is 79.8 Å². The number of alkyl halides is 3. The second-order valence-electron chi connectivity index (χ2n) is 6.87. The van der Waals surface area contributed by atoms with Gasteiger partial charge in [0.05, 0.1) is 0 Å². The molecule has 1 aromatic rings. The molecule has 26 heavy (non-hydrogen) atoms. The van der Waals surface area contributed by atoms with Gasteiger partial charge in [-0.2, -0.15) is 15.0 Å². The fourth-order valence-electron chi connectivity index (χ4n) is 2.85. The molecular formula is C16H19F4N5O. The van der Waals surface area contributed by atoms with Gasteiger partial charge in [-0.25, -0.2) is 17.6 Å². The van der Waals surface area contributed by atoms with E-state index in [2.05, 4.69) is 25.6 Å². The van der Waals surface area contributed by atoms with Crippen LogP contribution in [0, 0.1) is 0 Å². The van der Waals surface area contributed by atoms with Crippen molar-refractivity contribution in [3.8, 4) is 0 Å². The summed E-state index contributed by atoms with van der Waals surface area (Å²) in [4.78, 5) is 23.8. The summed E-state index contributed by atoms with van der Waals surface area (Å²) < 4.78 is 53.6. The van der Waals surface area contributed by atoms with Gasteiger partial charge in [-0.1, -0.05) is 0 Å². The van der Waals surface area contributed by atoms with Crippen molar-refractivity contribution in [2.24, 2.45) is 0 Å². The van der Waals surface area contributed by atoms with E-state index in [9.17, 15) is 22.4 Å². The van der Waals surface area contributed by atoms with E-state index in [1.807, 2.05) is 13.8 Å². The smallest absolute Gasteiger partial charge is 0.252 e. The number of nitrogens with one attached hydrogen (secondary N) is 2. The molecule has 2 aliphatic carbocycles. The normalized spacial score (nSPS) is 23.2. The lowest BCUT2D eigenvalue weighted by atomic mass is 9.88. The van der Waals surface area contributed by atoms with Gasteiger partial charge in [-0.15, -0.1) is 0 Å². The zero-order valence-electron chi connectivity index (χ0n) is 14.3.